The van der Waals surface area contributed by atoms with Gasteiger partial charge < -0.3 is 24.4 Å². The number of ether oxygens (including phenoxy) is 3. The molecular weight excluding hydrogens is 356 g/mol. The van der Waals surface area contributed by atoms with E-state index >= 15 is 0 Å². The van der Waals surface area contributed by atoms with Crippen LogP contribution in [-0.2, 0) is 11.3 Å². The van der Waals surface area contributed by atoms with Gasteiger partial charge in [-0.05, 0) is 30.3 Å². The number of methoxy groups -OCH3 is 2. The number of nitrogens with one attached hydrogen (secondary N) is 1. The van der Waals surface area contributed by atoms with E-state index in [9.17, 15) is 0 Å². The summed E-state index contributed by atoms with van der Waals surface area (Å²) in [4.78, 5) is 11.7. The van der Waals surface area contributed by atoms with Crippen molar-refractivity contribution in [3.05, 3.63) is 48.0 Å². The minimum absolute atomic E-state index is 0.559. The fraction of sp³-hybridized carbons (Fsp3) is 0.333. The lowest BCUT2D eigenvalue weighted by molar-refractivity contribution is 0.122. The number of nitrogens with zero attached hydrogens (tertiary/aromatic N) is 3. The topological polar surface area (TPSA) is 68.7 Å². The molecule has 1 saturated heterocycles. The first-order valence-corrected chi connectivity index (χ1v) is 9.33. The second-order valence-electron chi connectivity index (χ2n) is 6.52. The highest BCUT2D eigenvalue weighted by Gasteiger charge is 2.17. The maximum Gasteiger partial charge on any atom is 0.228 e. The second kappa shape index (κ2) is 8.31. The van der Waals surface area contributed by atoms with E-state index in [0.29, 0.717) is 19.8 Å². The molecule has 2 aromatic carbocycles. The molecule has 28 heavy (non-hydrogen) atoms. The Morgan fingerprint density at radius 1 is 1.04 bits per heavy atom. The highest BCUT2D eigenvalue weighted by Crippen LogP contribution is 2.27. The number of morpholine rings is 1. The highest BCUT2D eigenvalue weighted by molar-refractivity contribution is 5.90. The SMILES string of the molecule is COc1ccc(OC)c(CNc2nc(N3CCOCC3)nc3ccccc23)c1. The molecule has 1 aromatic heterocycles. The van der Waals surface area contributed by atoms with Crippen LogP contribution in [0, 0.1) is 0 Å². The standard InChI is InChI=1S/C21H24N4O3/c1-26-16-7-8-19(27-2)15(13-16)14-22-20-17-5-3-4-6-18(17)23-21(24-20)25-9-11-28-12-10-25/h3-8,13H,9-12,14H2,1-2H3,(H,22,23,24). The summed E-state index contributed by atoms with van der Waals surface area (Å²) >= 11 is 0. The molecule has 0 radical (unpaired) electrons. The molecule has 0 atom stereocenters. The van der Waals surface area contributed by atoms with E-state index in [1.165, 1.54) is 0 Å². The van der Waals surface area contributed by atoms with Gasteiger partial charge in [0.2, 0.25) is 5.95 Å². The number of para-hydroxylation sites is 1. The first-order chi connectivity index (χ1) is 13.8. The Hall–Kier alpha value is -3.06. The first kappa shape index (κ1) is 18.3. The molecule has 1 aliphatic rings. The second-order valence-corrected chi connectivity index (χ2v) is 6.52. The van der Waals surface area contributed by atoms with Gasteiger partial charge in [0.15, 0.2) is 0 Å². The molecule has 1 fully saturated rings. The van der Waals surface area contributed by atoms with E-state index in [-0.39, 0.29) is 0 Å². The van der Waals surface area contributed by atoms with Crippen molar-refractivity contribution in [1.82, 2.24) is 9.97 Å². The van der Waals surface area contributed by atoms with E-state index in [1.54, 1.807) is 14.2 Å². The van der Waals surface area contributed by atoms with Crippen LogP contribution in [0.2, 0.25) is 0 Å². The minimum atomic E-state index is 0.559. The number of aromatic nitrogens is 2. The fourth-order valence-electron chi connectivity index (χ4n) is 3.30. The van der Waals surface area contributed by atoms with E-state index in [2.05, 4.69) is 10.2 Å². The van der Waals surface area contributed by atoms with Crippen LogP contribution < -0.4 is 19.7 Å². The molecule has 0 spiro atoms. The van der Waals surface area contributed by atoms with Crippen LogP contribution in [0.1, 0.15) is 5.56 Å². The summed E-state index contributed by atoms with van der Waals surface area (Å²) in [6.07, 6.45) is 0. The van der Waals surface area contributed by atoms with Crippen LogP contribution in [0.5, 0.6) is 11.5 Å². The van der Waals surface area contributed by atoms with Crippen molar-refractivity contribution in [3.63, 3.8) is 0 Å². The summed E-state index contributed by atoms with van der Waals surface area (Å²) < 4.78 is 16.3. The normalized spacial score (nSPS) is 14.1. The van der Waals surface area contributed by atoms with Crippen molar-refractivity contribution < 1.29 is 14.2 Å². The molecule has 0 unspecified atom stereocenters. The van der Waals surface area contributed by atoms with Crippen molar-refractivity contribution in [2.45, 2.75) is 6.54 Å². The van der Waals surface area contributed by atoms with Gasteiger partial charge in [0.1, 0.15) is 17.3 Å². The molecule has 1 N–H and O–H groups in total. The molecule has 4 rings (SSSR count). The van der Waals surface area contributed by atoms with E-state index in [4.69, 9.17) is 24.2 Å². The molecule has 146 valence electrons. The fourth-order valence-corrected chi connectivity index (χ4v) is 3.30. The van der Waals surface area contributed by atoms with Crippen molar-refractivity contribution in [3.8, 4) is 11.5 Å². The van der Waals surface area contributed by atoms with Gasteiger partial charge in [-0.15, -0.1) is 0 Å². The summed E-state index contributed by atoms with van der Waals surface area (Å²) in [5, 5.41) is 4.45. The summed E-state index contributed by atoms with van der Waals surface area (Å²) in [7, 11) is 3.33. The zero-order valence-corrected chi connectivity index (χ0v) is 16.1. The van der Waals surface area contributed by atoms with Crippen LogP contribution in [0.25, 0.3) is 10.9 Å². The van der Waals surface area contributed by atoms with Crippen molar-refractivity contribution >= 4 is 22.7 Å². The van der Waals surface area contributed by atoms with E-state index < -0.39 is 0 Å². The maximum absolute atomic E-state index is 5.49. The largest absolute Gasteiger partial charge is 0.497 e. The van der Waals surface area contributed by atoms with Crippen LogP contribution in [0.4, 0.5) is 11.8 Å². The molecule has 0 saturated carbocycles. The molecule has 3 aromatic rings. The van der Waals surface area contributed by atoms with Gasteiger partial charge in [-0.2, -0.15) is 4.98 Å². The van der Waals surface area contributed by atoms with Crippen molar-refractivity contribution in [1.29, 1.82) is 0 Å². The third-order valence-electron chi connectivity index (χ3n) is 4.82. The van der Waals surface area contributed by atoms with Crippen molar-refractivity contribution in [2.24, 2.45) is 0 Å². The lowest BCUT2D eigenvalue weighted by Crippen LogP contribution is -2.37. The van der Waals surface area contributed by atoms with Gasteiger partial charge in [-0.3, -0.25) is 0 Å². The Morgan fingerprint density at radius 3 is 2.64 bits per heavy atom. The van der Waals surface area contributed by atoms with Crippen LogP contribution in [0.3, 0.4) is 0 Å². The summed E-state index contributed by atoms with van der Waals surface area (Å²) in [5.41, 5.74) is 1.91. The van der Waals surface area contributed by atoms with Gasteiger partial charge in [-0.1, -0.05) is 12.1 Å². The van der Waals surface area contributed by atoms with Gasteiger partial charge in [0.25, 0.3) is 0 Å². The van der Waals surface area contributed by atoms with Gasteiger partial charge in [0.05, 0.1) is 33.0 Å². The van der Waals surface area contributed by atoms with Gasteiger partial charge >= 0.3 is 0 Å². The summed E-state index contributed by atoms with van der Waals surface area (Å²) in [5.74, 6) is 3.12. The number of fused-ring (bicyclic) bond motifs is 1. The number of anilines is 2. The van der Waals surface area contributed by atoms with E-state index in [0.717, 1.165) is 52.8 Å². The minimum Gasteiger partial charge on any atom is -0.497 e. The molecule has 2 heterocycles. The monoisotopic (exact) mass is 380 g/mol. The molecule has 0 bridgehead atoms. The number of hydrogen-bond donors (Lipinski definition) is 1. The molecule has 0 aliphatic carbocycles. The Balaban J connectivity index is 1.66. The van der Waals surface area contributed by atoms with Crippen LogP contribution in [-0.4, -0.2) is 50.5 Å². The lowest BCUT2D eigenvalue weighted by atomic mass is 10.1. The average molecular weight is 380 g/mol. The lowest BCUT2D eigenvalue weighted by Gasteiger charge is -2.27. The van der Waals surface area contributed by atoms with Gasteiger partial charge in [-0.25, -0.2) is 4.98 Å². The summed E-state index contributed by atoms with van der Waals surface area (Å²) in [6, 6.07) is 13.8. The summed E-state index contributed by atoms with van der Waals surface area (Å²) in [6.45, 7) is 3.53. The average Bonchev–Trinajstić information content (AvgIpc) is 2.77. The molecule has 7 nitrogen and oxygen atoms in total. The van der Waals surface area contributed by atoms with Gasteiger partial charge in [0, 0.05) is 30.6 Å². The number of rotatable bonds is 6. The van der Waals surface area contributed by atoms with Crippen molar-refractivity contribution in [2.75, 3.05) is 50.7 Å². The van der Waals surface area contributed by atoms with Crippen LogP contribution >= 0.6 is 0 Å². The highest BCUT2D eigenvalue weighted by atomic mass is 16.5. The van der Waals surface area contributed by atoms with E-state index in [1.807, 2.05) is 42.5 Å². The van der Waals surface area contributed by atoms with Crippen LogP contribution in [0.15, 0.2) is 42.5 Å². The third-order valence-corrected chi connectivity index (χ3v) is 4.82. The maximum atomic E-state index is 5.49. The smallest absolute Gasteiger partial charge is 0.228 e. The predicted octanol–water partition coefficient (Wildman–Crippen LogP) is 3.10. The quantitative estimate of drug-likeness (QED) is 0.705. The third kappa shape index (κ3) is 3.80. The molecular formula is C21H24N4O3. The zero-order valence-electron chi connectivity index (χ0n) is 16.1. The number of hydrogen-bond acceptors (Lipinski definition) is 7. The Bertz CT molecular complexity index is 958. The Morgan fingerprint density at radius 2 is 1.86 bits per heavy atom. The predicted molar refractivity (Wildman–Crippen MR) is 109 cm³/mol. The molecule has 1 aliphatic heterocycles. The first-order valence-electron chi connectivity index (χ1n) is 9.33. The Labute approximate surface area is 164 Å². The molecule has 0 amide bonds. The Kier molecular flexibility index (Phi) is 5.43. The number of benzene rings is 2. The molecule has 7 heteroatoms. The zero-order chi connectivity index (χ0) is 19.3.